The van der Waals surface area contributed by atoms with Crippen molar-refractivity contribution < 1.29 is 14.3 Å². The lowest BCUT2D eigenvalue weighted by Crippen LogP contribution is -2.51. The number of aryl methyl sites for hydroxylation is 2. The summed E-state index contributed by atoms with van der Waals surface area (Å²) in [5.74, 6) is 0.358. The van der Waals surface area contributed by atoms with Gasteiger partial charge in [-0.05, 0) is 31.4 Å². The van der Waals surface area contributed by atoms with E-state index in [9.17, 15) is 9.59 Å². The number of esters is 1. The third kappa shape index (κ3) is 3.64. The molecule has 1 saturated carbocycles. The number of piperazine rings is 1. The molecule has 3 rings (SSSR count). The van der Waals surface area contributed by atoms with Crippen LogP contribution in [-0.2, 0) is 16.6 Å². The maximum absolute atomic E-state index is 12.2. The van der Waals surface area contributed by atoms with Crippen LogP contribution >= 0.6 is 0 Å². The first-order valence-electron chi connectivity index (χ1n) is 8.86. The predicted octanol–water partition coefficient (Wildman–Crippen LogP) is 1.43. The Morgan fingerprint density at radius 2 is 1.92 bits per heavy atom. The van der Waals surface area contributed by atoms with E-state index in [0.29, 0.717) is 18.2 Å². The molecule has 2 heterocycles. The maximum atomic E-state index is 12.2. The van der Waals surface area contributed by atoms with Crippen LogP contribution in [0.4, 0.5) is 0 Å². The van der Waals surface area contributed by atoms with Crippen molar-refractivity contribution in [1.82, 2.24) is 14.4 Å². The van der Waals surface area contributed by atoms with Crippen molar-refractivity contribution in [2.45, 2.75) is 26.2 Å². The maximum Gasteiger partial charge on any atom is 0.355 e. The Labute approximate surface area is 143 Å². The zero-order valence-corrected chi connectivity index (χ0v) is 14.7. The molecule has 1 amide bonds. The van der Waals surface area contributed by atoms with Crippen LogP contribution in [0.1, 0.15) is 35.3 Å². The Morgan fingerprint density at radius 3 is 2.46 bits per heavy atom. The number of rotatable bonds is 5. The van der Waals surface area contributed by atoms with E-state index in [4.69, 9.17) is 4.74 Å². The van der Waals surface area contributed by atoms with Gasteiger partial charge in [-0.3, -0.25) is 9.69 Å². The second-order valence-electron chi connectivity index (χ2n) is 6.89. The molecule has 1 saturated heterocycles. The fourth-order valence-corrected chi connectivity index (χ4v) is 3.40. The van der Waals surface area contributed by atoms with Gasteiger partial charge in [0.15, 0.2) is 0 Å². The lowest BCUT2D eigenvalue weighted by molar-refractivity contribution is -0.140. The molecule has 2 aliphatic rings. The van der Waals surface area contributed by atoms with Crippen LogP contribution in [0.25, 0.3) is 0 Å². The van der Waals surface area contributed by atoms with Crippen molar-refractivity contribution in [3.63, 3.8) is 0 Å². The van der Waals surface area contributed by atoms with Gasteiger partial charge < -0.3 is 14.2 Å². The fraction of sp³-hybridized carbons (Fsp3) is 0.667. The number of amides is 1. The van der Waals surface area contributed by atoms with Gasteiger partial charge in [-0.2, -0.15) is 0 Å². The first-order valence-corrected chi connectivity index (χ1v) is 8.86. The summed E-state index contributed by atoms with van der Waals surface area (Å²) < 4.78 is 7.20. The molecule has 0 radical (unpaired) electrons. The molecule has 6 nitrogen and oxygen atoms in total. The molecular formula is C18H27N3O3. The van der Waals surface area contributed by atoms with Crippen molar-refractivity contribution in [3.05, 3.63) is 23.5 Å². The van der Waals surface area contributed by atoms with E-state index < -0.39 is 0 Å². The van der Waals surface area contributed by atoms with Crippen LogP contribution in [0.15, 0.2) is 12.3 Å². The topological polar surface area (TPSA) is 54.8 Å². The second kappa shape index (κ2) is 7.38. The zero-order chi connectivity index (χ0) is 17.1. The van der Waals surface area contributed by atoms with Crippen LogP contribution in [-0.4, -0.2) is 65.6 Å². The van der Waals surface area contributed by atoms with Gasteiger partial charge in [0, 0.05) is 51.9 Å². The van der Waals surface area contributed by atoms with Crippen molar-refractivity contribution in [2.24, 2.45) is 13.0 Å². The van der Waals surface area contributed by atoms with Crippen LogP contribution in [0.5, 0.6) is 0 Å². The van der Waals surface area contributed by atoms with E-state index in [-0.39, 0.29) is 11.9 Å². The van der Waals surface area contributed by atoms with Crippen molar-refractivity contribution in [2.75, 3.05) is 39.3 Å². The molecule has 0 bridgehead atoms. The highest BCUT2D eigenvalue weighted by molar-refractivity contribution is 5.89. The first kappa shape index (κ1) is 17.0. The summed E-state index contributed by atoms with van der Waals surface area (Å²) in [6.07, 6.45) is 5.19. The summed E-state index contributed by atoms with van der Waals surface area (Å²) in [7, 11) is 1.85. The summed E-state index contributed by atoms with van der Waals surface area (Å²) in [5.41, 5.74) is 1.55. The average Bonchev–Trinajstić information content (AvgIpc) is 2.85. The highest BCUT2D eigenvalue weighted by atomic mass is 16.5. The van der Waals surface area contributed by atoms with Gasteiger partial charge in [0.2, 0.25) is 5.91 Å². The third-order valence-corrected chi connectivity index (χ3v) is 5.25. The highest BCUT2D eigenvalue weighted by Gasteiger charge is 2.31. The van der Waals surface area contributed by atoms with Crippen molar-refractivity contribution in [1.29, 1.82) is 0 Å². The normalized spacial score (nSPS) is 19.2. The minimum Gasteiger partial charge on any atom is -0.460 e. The number of carbonyl (C=O) groups excluding carboxylic acids is 2. The van der Waals surface area contributed by atoms with E-state index >= 15 is 0 Å². The number of carbonyl (C=O) groups is 2. The molecule has 0 N–H and O–H groups in total. The van der Waals surface area contributed by atoms with E-state index in [0.717, 1.165) is 51.1 Å². The van der Waals surface area contributed by atoms with Gasteiger partial charge in [0.25, 0.3) is 0 Å². The van der Waals surface area contributed by atoms with Crippen molar-refractivity contribution in [3.8, 4) is 0 Å². The molecule has 1 aromatic rings. The molecule has 6 heteroatoms. The van der Waals surface area contributed by atoms with Crippen LogP contribution < -0.4 is 0 Å². The average molecular weight is 333 g/mol. The van der Waals surface area contributed by atoms with Crippen LogP contribution in [0, 0.1) is 12.8 Å². The zero-order valence-electron chi connectivity index (χ0n) is 14.7. The quantitative estimate of drug-likeness (QED) is 0.765. The molecule has 1 aliphatic carbocycles. The Balaban J connectivity index is 1.38. The Hall–Kier alpha value is -1.82. The SMILES string of the molecule is Cc1ccn(C)c1C(=O)OCCN1CCN(C(=O)C2CCC2)CC1. The Morgan fingerprint density at radius 1 is 1.21 bits per heavy atom. The molecule has 24 heavy (non-hydrogen) atoms. The summed E-state index contributed by atoms with van der Waals surface area (Å²) in [6.45, 7) is 6.33. The lowest BCUT2D eigenvalue weighted by Gasteiger charge is -2.38. The molecule has 0 spiro atoms. The third-order valence-electron chi connectivity index (χ3n) is 5.25. The van der Waals surface area contributed by atoms with Gasteiger partial charge in [0.1, 0.15) is 12.3 Å². The Kier molecular flexibility index (Phi) is 5.23. The molecule has 132 valence electrons. The number of aromatic nitrogens is 1. The molecule has 0 aromatic carbocycles. The smallest absolute Gasteiger partial charge is 0.355 e. The predicted molar refractivity (Wildman–Crippen MR) is 90.8 cm³/mol. The summed E-state index contributed by atoms with van der Waals surface area (Å²) in [5, 5.41) is 0. The van der Waals surface area contributed by atoms with Gasteiger partial charge in [0.05, 0.1) is 0 Å². The van der Waals surface area contributed by atoms with Crippen LogP contribution in [0.3, 0.4) is 0 Å². The first-order chi connectivity index (χ1) is 11.6. The largest absolute Gasteiger partial charge is 0.460 e. The molecule has 0 unspecified atom stereocenters. The van der Waals surface area contributed by atoms with Gasteiger partial charge in [-0.15, -0.1) is 0 Å². The fourth-order valence-electron chi connectivity index (χ4n) is 3.40. The standard InChI is InChI=1S/C18H27N3O3/c1-14-6-7-19(2)16(14)18(23)24-13-12-20-8-10-21(11-9-20)17(22)15-4-3-5-15/h6-7,15H,3-5,8-13H2,1-2H3. The van der Waals surface area contributed by atoms with E-state index in [1.807, 2.05) is 31.1 Å². The van der Waals surface area contributed by atoms with E-state index in [2.05, 4.69) is 4.90 Å². The number of nitrogens with zero attached hydrogens (tertiary/aromatic N) is 3. The van der Waals surface area contributed by atoms with Gasteiger partial charge >= 0.3 is 5.97 Å². The number of hydrogen-bond donors (Lipinski definition) is 0. The summed E-state index contributed by atoms with van der Waals surface area (Å²) in [4.78, 5) is 28.6. The number of hydrogen-bond acceptors (Lipinski definition) is 4. The minimum atomic E-state index is -0.265. The highest BCUT2D eigenvalue weighted by Crippen LogP contribution is 2.28. The van der Waals surface area contributed by atoms with E-state index in [1.54, 1.807) is 4.57 Å². The Bertz CT molecular complexity index is 579. The van der Waals surface area contributed by atoms with Crippen molar-refractivity contribution >= 4 is 11.9 Å². The monoisotopic (exact) mass is 333 g/mol. The summed E-state index contributed by atoms with van der Waals surface area (Å²) >= 11 is 0. The molecule has 0 atom stereocenters. The number of ether oxygens (including phenoxy) is 1. The lowest BCUT2D eigenvalue weighted by atomic mass is 9.84. The van der Waals surface area contributed by atoms with Gasteiger partial charge in [-0.25, -0.2) is 4.79 Å². The molecular weight excluding hydrogens is 306 g/mol. The molecule has 2 fully saturated rings. The minimum absolute atomic E-state index is 0.265. The molecule has 1 aromatic heterocycles. The second-order valence-corrected chi connectivity index (χ2v) is 6.89. The summed E-state index contributed by atoms with van der Waals surface area (Å²) in [6, 6.07) is 1.91. The van der Waals surface area contributed by atoms with Gasteiger partial charge in [-0.1, -0.05) is 6.42 Å². The van der Waals surface area contributed by atoms with E-state index in [1.165, 1.54) is 6.42 Å². The van der Waals surface area contributed by atoms with Crippen LogP contribution in [0.2, 0.25) is 0 Å². The molecule has 1 aliphatic heterocycles.